The van der Waals surface area contributed by atoms with Gasteiger partial charge >= 0.3 is 0 Å². The van der Waals surface area contributed by atoms with Crippen molar-refractivity contribution < 1.29 is 0 Å². The molecule has 2 aromatic heterocycles. The normalized spacial score (nSPS) is 10.8. The Bertz CT molecular complexity index is 730. The topological polar surface area (TPSA) is 64.7 Å². The number of fused-ring (bicyclic) bond motifs is 1. The van der Waals surface area contributed by atoms with Gasteiger partial charge in [-0.2, -0.15) is 0 Å². The summed E-state index contributed by atoms with van der Waals surface area (Å²) < 4.78 is 0.952. The smallest absolute Gasteiger partial charge is 0.117 e. The minimum Gasteiger partial charge on any atom is -0.399 e. The van der Waals surface area contributed by atoms with E-state index in [4.69, 9.17) is 5.73 Å². The van der Waals surface area contributed by atoms with Crippen LogP contribution in [0.3, 0.4) is 0 Å². The molecule has 19 heavy (non-hydrogen) atoms. The first-order valence-corrected chi connectivity index (χ1v) is 7.13. The molecule has 3 aromatic rings. The zero-order chi connectivity index (χ0) is 13.2. The predicted octanol–water partition coefficient (Wildman–Crippen LogP) is 3.52. The maximum Gasteiger partial charge on any atom is 0.117 e. The van der Waals surface area contributed by atoms with Gasteiger partial charge in [-0.1, -0.05) is 0 Å². The van der Waals surface area contributed by atoms with Crippen molar-refractivity contribution in [1.29, 1.82) is 0 Å². The Balaban J connectivity index is 2.05. The van der Waals surface area contributed by atoms with Crippen LogP contribution in [0.5, 0.6) is 0 Å². The maximum absolute atomic E-state index is 5.82. The van der Waals surface area contributed by atoms with Crippen LogP contribution in [0.1, 0.15) is 0 Å². The lowest BCUT2D eigenvalue weighted by molar-refractivity contribution is 1.08. The lowest BCUT2D eigenvalue weighted by Crippen LogP contribution is -1.90. The third-order valence-corrected chi connectivity index (χ3v) is 3.96. The monoisotopic (exact) mass is 332 g/mol. The first kappa shape index (κ1) is 12.4. The van der Waals surface area contributed by atoms with Crippen molar-refractivity contribution in [3.63, 3.8) is 0 Å². The Kier molecular flexibility index (Phi) is 3.35. The van der Waals surface area contributed by atoms with Crippen molar-refractivity contribution >= 4 is 44.3 Å². The molecule has 0 saturated carbocycles. The van der Waals surface area contributed by atoms with Crippen LogP contribution >= 0.6 is 27.7 Å². The van der Waals surface area contributed by atoms with E-state index >= 15 is 0 Å². The van der Waals surface area contributed by atoms with E-state index in [1.54, 1.807) is 12.5 Å². The molecule has 0 unspecified atom stereocenters. The van der Waals surface area contributed by atoms with Crippen molar-refractivity contribution in [2.75, 3.05) is 5.73 Å². The van der Waals surface area contributed by atoms with Crippen LogP contribution in [-0.4, -0.2) is 15.0 Å². The molecule has 1 aromatic carbocycles. The summed E-state index contributed by atoms with van der Waals surface area (Å²) in [5.41, 5.74) is 7.40. The molecular weight excluding hydrogens is 324 g/mol. The van der Waals surface area contributed by atoms with Crippen molar-refractivity contribution in [1.82, 2.24) is 15.0 Å². The number of halogens is 1. The molecule has 0 aliphatic carbocycles. The summed E-state index contributed by atoms with van der Waals surface area (Å²) in [6, 6.07) is 9.51. The van der Waals surface area contributed by atoms with Gasteiger partial charge in [0.05, 0.1) is 5.52 Å². The lowest BCUT2D eigenvalue weighted by Gasteiger charge is -2.05. The average Bonchev–Trinajstić information content (AvgIpc) is 2.42. The maximum atomic E-state index is 5.82. The quantitative estimate of drug-likeness (QED) is 0.574. The third-order valence-electron chi connectivity index (χ3n) is 2.52. The minimum absolute atomic E-state index is 0.702. The fourth-order valence-electron chi connectivity index (χ4n) is 1.65. The van der Waals surface area contributed by atoms with E-state index in [1.165, 1.54) is 11.8 Å². The molecule has 4 nitrogen and oxygen atoms in total. The van der Waals surface area contributed by atoms with Gasteiger partial charge in [-0.05, 0) is 58.0 Å². The van der Waals surface area contributed by atoms with Crippen LogP contribution in [0.25, 0.3) is 10.9 Å². The van der Waals surface area contributed by atoms with Crippen LogP contribution < -0.4 is 5.73 Å². The number of nitrogen functional groups attached to an aromatic ring is 1. The first-order chi connectivity index (χ1) is 9.22. The zero-order valence-electron chi connectivity index (χ0n) is 9.75. The largest absolute Gasteiger partial charge is 0.399 e. The van der Waals surface area contributed by atoms with E-state index in [0.29, 0.717) is 5.69 Å². The van der Waals surface area contributed by atoms with Gasteiger partial charge in [0, 0.05) is 21.7 Å². The molecule has 0 fully saturated rings. The van der Waals surface area contributed by atoms with E-state index in [2.05, 4.69) is 30.9 Å². The number of benzene rings is 1. The second kappa shape index (κ2) is 5.14. The molecule has 0 radical (unpaired) electrons. The van der Waals surface area contributed by atoms with Gasteiger partial charge in [0.25, 0.3) is 0 Å². The van der Waals surface area contributed by atoms with Crippen LogP contribution in [-0.2, 0) is 0 Å². The molecule has 0 atom stereocenters. The first-order valence-electron chi connectivity index (χ1n) is 5.52. The van der Waals surface area contributed by atoms with Crippen molar-refractivity contribution in [2.24, 2.45) is 0 Å². The van der Waals surface area contributed by atoms with Gasteiger partial charge in [0.2, 0.25) is 0 Å². The zero-order valence-corrected chi connectivity index (χ0v) is 12.1. The Hall–Kier alpha value is -1.66. The van der Waals surface area contributed by atoms with E-state index in [0.717, 1.165) is 25.4 Å². The van der Waals surface area contributed by atoms with Crippen molar-refractivity contribution in [3.05, 3.63) is 47.3 Å². The summed E-state index contributed by atoms with van der Waals surface area (Å²) in [6.45, 7) is 0. The number of aromatic nitrogens is 3. The second-order valence-electron chi connectivity index (χ2n) is 3.87. The lowest BCUT2D eigenvalue weighted by atomic mass is 10.2. The molecule has 3 rings (SSSR count). The highest BCUT2D eigenvalue weighted by Crippen LogP contribution is 2.30. The number of anilines is 1. The summed E-state index contributed by atoms with van der Waals surface area (Å²) in [5.74, 6) is 0. The molecule has 0 saturated heterocycles. The van der Waals surface area contributed by atoms with Gasteiger partial charge in [-0.3, -0.25) is 0 Å². The predicted molar refractivity (Wildman–Crippen MR) is 80.0 cm³/mol. The molecule has 0 spiro atoms. The Morgan fingerprint density at radius 3 is 2.74 bits per heavy atom. The van der Waals surface area contributed by atoms with Gasteiger partial charge in [-0.15, -0.1) is 0 Å². The summed E-state index contributed by atoms with van der Waals surface area (Å²) in [7, 11) is 0. The van der Waals surface area contributed by atoms with E-state index in [9.17, 15) is 0 Å². The molecule has 0 aliphatic rings. The molecule has 2 N–H and O–H groups in total. The molecule has 0 bridgehead atoms. The van der Waals surface area contributed by atoms with Crippen molar-refractivity contribution in [3.8, 4) is 0 Å². The van der Waals surface area contributed by atoms with E-state index in [-0.39, 0.29) is 0 Å². The van der Waals surface area contributed by atoms with E-state index in [1.807, 2.05) is 30.3 Å². The van der Waals surface area contributed by atoms with Crippen LogP contribution in [0, 0.1) is 0 Å². The van der Waals surface area contributed by atoms with Crippen LogP contribution in [0.15, 0.2) is 57.4 Å². The highest BCUT2D eigenvalue weighted by molar-refractivity contribution is 9.10. The van der Waals surface area contributed by atoms with Crippen LogP contribution in [0.4, 0.5) is 5.69 Å². The molecule has 6 heteroatoms. The summed E-state index contributed by atoms with van der Waals surface area (Å²) in [4.78, 5) is 12.9. The molecular formula is C13H9BrN4S. The second-order valence-corrected chi connectivity index (χ2v) is 5.80. The highest BCUT2D eigenvalue weighted by Gasteiger charge is 2.07. The molecule has 94 valence electrons. The molecule has 2 heterocycles. The Morgan fingerprint density at radius 2 is 1.95 bits per heavy atom. The molecule has 0 amide bonds. The number of rotatable bonds is 2. The Labute approximate surface area is 122 Å². The summed E-state index contributed by atoms with van der Waals surface area (Å²) >= 11 is 4.86. The fraction of sp³-hybridized carbons (Fsp3) is 0. The van der Waals surface area contributed by atoms with Gasteiger partial charge in [0.1, 0.15) is 16.4 Å². The minimum atomic E-state index is 0.702. The SMILES string of the molecule is Nc1ccc2ncnc(Sc3ccc(Br)cn3)c2c1. The summed E-state index contributed by atoms with van der Waals surface area (Å²) in [5, 5.41) is 2.68. The number of nitrogens with two attached hydrogens (primary N) is 1. The molecule has 0 aliphatic heterocycles. The average molecular weight is 333 g/mol. The number of hydrogen-bond donors (Lipinski definition) is 1. The number of nitrogens with zero attached hydrogens (tertiary/aromatic N) is 3. The Morgan fingerprint density at radius 1 is 1.05 bits per heavy atom. The van der Waals surface area contributed by atoms with Gasteiger partial charge < -0.3 is 5.73 Å². The van der Waals surface area contributed by atoms with Gasteiger partial charge in [-0.25, -0.2) is 15.0 Å². The van der Waals surface area contributed by atoms with E-state index < -0.39 is 0 Å². The fourth-order valence-corrected chi connectivity index (χ4v) is 2.70. The van der Waals surface area contributed by atoms with Gasteiger partial charge in [0.15, 0.2) is 0 Å². The number of pyridine rings is 1. The highest BCUT2D eigenvalue weighted by atomic mass is 79.9. The summed E-state index contributed by atoms with van der Waals surface area (Å²) in [6.07, 6.45) is 3.32. The third kappa shape index (κ3) is 2.69. The standard InChI is InChI=1S/C13H9BrN4S/c14-8-1-4-12(16-6-8)19-13-10-5-9(15)2-3-11(10)17-7-18-13/h1-7H,15H2. The van der Waals surface area contributed by atoms with Crippen molar-refractivity contribution in [2.45, 2.75) is 10.1 Å². The number of hydrogen-bond acceptors (Lipinski definition) is 5. The van der Waals surface area contributed by atoms with Crippen LogP contribution in [0.2, 0.25) is 0 Å².